The Kier molecular flexibility index (Phi) is 4.22. The first kappa shape index (κ1) is 17.5. The molecule has 0 bridgehead atoms. The molecule has 0 aliphatic heterocycles. The van der Waals surface area contributed by atoms with Crippen LogP contribution >= 0.6 is 0 Å². The van der Waals surface area contributed by atoms with Crippen LogP contribution in [-0.2, 0) is 15.0 Å². The standard InChI is InChI=1S/C24H26N2O2/c27-22(25-26-23(28)21-18-13-7-8-14-19(18)21)20-15-24(20,16-9-3-1-4-10-16)17-11-5-2-6-12-17/h1-6,9-12,18-21H,7-8,13-15H2,(H,25,27)(H,26,28)/t18-,19-,20+/m0/s1. The first-order valence-corrected chi connectivity index (χ1v) is 10.4. The molecular weight excluding hydrogens is 348 g/mol. The number of hydrazine groups is 1. The maximum absolute atomic E-state index is 12.9. The van der Waals surface area contributed by atoms with E-state index in [1.807, 2.05) is 36.4 Å². The van der Waals surface area contributed by atoms with Gasteiger partial charge in [-0.05, 0) is 42.2 Å². The van der Waals surface area contributed by atoms with Gasteiger partial charge in [-0.1, -0.05) is 73.5 Å². The average molecular weight is 374 g/mol. The summed E-state index contributed by atoms with van der Waals surface area (Å²) in [4.78, 5) is 25.4. The van der Waals surface area contributed by atoms with Crippen LogP contribution in [0, 0.1) is 23.7 Å². The number of hydrogen-bond acceptors (Lipinski definition) is 2. The maximum atomic E-state index is 12.9. The minimum Gasteiger partial charge on any atom is -0.273 e. The third kappa shape index (κ3) is 2.83. The fourth-order valence-corrected chi connectivity index (χ4v) is 5.53. The zero-order valence-electron chi connectivity index (χ0n) is 15.9. The molecule has 2 amide bonds. The molecule has 0 unspecified atom stereocenters. The summed E-state index contributed by atoms with van der Waals surface area (Å²) in [7, 11) is 0. The molecule has 3 saturated carbocycles. The van der Waals surface area contributed by atoms with Crippen LogP contribution in [0.1, 0.15) is 43.2 Å². The maximum Gasteiger partial charge on any atom is 0.242 e. The van der Waals surface area contributed by atoms with Crippen molar-refractivity contribution in [2.45, 2.75) is 37.5 Å². The summed E-state index contributed by atoms with van der Waals surface area (Å²) in [5, 5.41) is 0. The van der Waals surface area contributed by atoms with E-state index >= 15 is 0 Å². The highest BCUT2D eigenvalue weighted by molar-refractivity contribution is 5.89. The predicted molar refractivity (Wildman–Crippen MR) is 107 cm³/mol. The number of benzene rings is 2. The summed E-state index contributed by atoms with van der Waals surface area (Å²) in [6.07, 6.45) is 5.54. The normalized spacial score (nSPS) is 29.3. The van der Waals surface area contributed by atoms with E-state index in [4.69, 9.17) is 0 Å². The number of amides is 2. The van der Waals surface area contributed by atoms with Crippen molar-refractivity contribution in [3.05, 3.63) is 71.8 Å². The number of rotatable bonds is 4. The van der Waals surface area contributed by atoms with Crippen molar-refractivity contribution in [3.63, 3.8) is 0 Å². The van der Waals surface area contributed by atoms with E-state index in [0.717, 1.165) is 30.4 Å². The Balaban J connectivity index is 1.28. The highest BCUT2D eigenvalue weighted by atomic mass is 16.2. The first-order chi connectivity index (χ1) is 13.7. The van der Waals surface area contributed by atoms with Crippen molar-refractivity contribution >= 4 is 11.8 Å². The van der Waals surface area contributed by atoms with Crippen molar-refractivity contribution in [2.75, 3.05) is 0 Å². The molecule has 4 heteroatoms. The van der Waals surface area contributed by atoms with Crippen molar-refractivity contribution < 1.29 is 9.59 Å². The van der Waals surface area contributed by atoms with Crippen LogP contribution in [0.15, 0.2) is 60.7 Å². The third-order valence-electron chi connectivity index (χ3n) is 7.12. The van der Waals surface area contributed by atoms with Gasteiger partial charge in [-0.25, -0.2) is 0 Å². The molecule has 3 atom stereocenters. The van der Waals surface area contributed by atoms with Gasteiger partial charge in [-0.3, -0.25) is 20.4 Å². The topological polar surface area (TPSA) is 58.2 Å². The Morgan fingerprint density at radius 3 is 1.79 bits per heavy atom. The molecule has 0 radical (unpaired) electrons. The van der Waals surface area contributed by atoms with Crippen molar-refractivity contribution in [3.8, 4) is 0 Å². The van der Waals surface area contributed by atoms with Crippen molar-refractivity contribution in [1.29, 1.82) is 0 Å². The molecule has 0 aromatic heterocycles. The Hall–Kier alpha value is -2.62. The second-order valence-corrected chi connectivity index (χ2v) is 8.58. The van der Waals surface area contributed by atoms with E-state index < -0.39 is 0 Å². The Morgan fingerprint density at radius 2 is 1.25 bits per heavy atom. The third-order valence-corrected chi connectivity index (χ3v) is 7.12. The van der Waals surface area contributed by atoms with E-state index in [9.17, 15) is 9.59 Å². The van der Waals surface area contributed by atoms with Gasteiger partial charge in [0.1, 0.15) is 0 Å². The number of hydrogen-bond donors (Lipinski definition) is 2. The lowest BCUT2D eigenvalue weighted by Crippen LogP contribution is -2.44. The minimum atomic E-state index is -0.301. The van der Waals surface area contributed by atoms with Crippen LogP contribution in [0.3, 0.4) is 0 Å². The van der Waals surface area contributed by atoms with Crippen LogP contribution in [-0.4, -0.2) is 11.8 Å². The smallest absolute Gasteiger partial charge is 0.242 e. The molecule has 3 aliphatic rings. The zero-order chi connectivity index (χ0) is 19.1. The summed E-state index contributed by atoms with van der Waals surface area (Å²) in [5.41, 5.74) is 7.46. The summed E-state index contributed by atoms with van der Waals surface area (Å²) >= 11 is 0. The molecule has 2 aromatic carbocycles. The van der Waals surface area contributed by atoms with Crippen molar-refractivity contribution in [2.24, 2.45) is 23.7 Å². The van der Waals surface area contributed by atoms with Crippen LogP contribution in [0.5, 0.6) is 0 Å². The number of carbonyl (C=O) groups is 2. The van der Waals surface area contributed by atoms with Crippen LogP contribution < -0.4 is 10.9 Å². The Bertz CT molecular complexity index is 828. The molecule has 0 heterocycles. The van der Waals surface area contributed by atoms with Gasteiger partial charge < -0.3 is 0 Å². The minimum absolute atomic E-state index is 0.00378. The van der Waals surface area contributed by atoms with Gasteiger partial charge in [0, 0.05) is 11.3 Å². The summed E-state index contributed by atoms with van der Waals surface area (Å²) < 4.78 is 0. The fraction of sp³-hybridized carbons (Fsp3) is 0.417. The van der Waals surface area contributed by atoms with Gasteiger partial charge in [-0.15, -0.1) is 0 Å². The van der Waals surface area contributed by atoms with Crippen LogP contribution in [0.25, 0.3) is 0 Å². The molecule has 2 N–H and O–H groups in total. The van der Waals surface area contributed by atoms with Crippen molar-refractivity contribution in [1.82, 2.24) is 10.9 Å². The predicted octanol–water partition coefficient (Wildman–Crippen LogP) is 3.58. The van der Waals surface area contributed by atoms with Crippen LogP contribution in [0.2, 0.25) is 0 Å². The van der Waals surface area contributed by atoms with Gasteiger partial charge in [0.15, 0.2) is 0 Å². The van der Waals surface area contributed by atoms with E-state index in [1.54, 1.807) is 0 Å². The first-order valence-electron chi connectivity index (χ1n) is 10.4. The van der Waals surface area contributed by atoms with Gasteiger partial charge in [0.05, 0.1) is 5.92 Å². The lowest BCUT2D eigenvalue weighted by Gasteiger charge is -2.19. The van der Waals surface area contributed by atoms with Gasteiger partial charge in [0.25, 0.3) is 0 Å². The summed E-state index contributed by atoms with van der Waals surface area (Å²) in [5.74, 6) is 0.924. The Morgan fingerprint density at radius 1 is 0.750 bits per heavy atom. The Labute approximate surface area is 165 Å². The lowest BCUT2D eigenvalue weighted by molar-refractivity contribution is -0.130. The summed E-state index contributed by atoms with van der Waals surface area (Å²) in [6, 6.07) is 20.4. The van der Waals surface area contributed by atoms with E-state index in [0.29, 0.717) is 11.8 Å². The molecule has 3 aliphatic carbocycles. The molecule has 4 nitrogen and oxygen atoms in total. The SMILES string of the molecule is O=C(NNC(=O)[C@H]1CC1(c1ccccc1)c1ccccc1)C1[C@H]2CCCC[C@H]12. The number of carbonyl (C=O) groups excluding carboxylic acids is 2. The monoisotopic (exact) mass is 374 g/mol. The van der Waals surface area contributed by atoms with Crippen LogP contribution in [0.4, 0.5) is 0 Å². The number of nitrogens with one attached hydrogen (secondary N) is 2. The quantitative estimate of drug-likeness (QED) is 0.804. The molecule has 2 aromatic rings. The van der Waals surface area contributed by atoms with Gasteiger partial charge >= 0.3 is 0 Å². The van der Waals surface area contributed by atoms with E-state index in [-0.39, 0.29) is 29.1 Å². The van der Waals surface area contributed by atoms with Gasteiger partial charge in [0.2, 0.25) is 11.8 Å². The second-order valence-electron chi connectivity index (χ2n) is 8.58. The molecule has 0 spiro atoms. The molecule has 3 fully saturated rings. The number of fused-ring (bicyclic) bond motifs is 1. The fourth-order valence-electron chi connectivity index (χ4n) is 5.53. The molecular formula is C24H26N2O2. The molecule has 28 heavy (non-hydrogen) atoms. The highest BCUT2D eigenvalue weighted by Gasteiger charge is 2.60. The molecule has 144 valence electrons. The summed E-state index contributed by atoms with van der Waals surface area (Å²) in [6.45, 7) is 0. The van der Waals surface area contributed by atoms with E-state index in [2.05, 4.69) is 35.1 Å². The van der Waals surface area contributed by atoms with Gasteiger partial charge in [-0.2, -0.15) is 0 Å². The molecule has 5 rings (SSSR count). The average Bonchev–Trinajstić information content (AvgIpc) is 3.66. The highest BCUT2D eigenvalue weighted by Crippen LogP contribution is 2.59. The lowest BCUT2D eigenvalue weighted by atomic mass is 9.85. The molecule has 0 saturated heterocycles. The second kappa shape index (κ2) is 6.77. The zero-order valence-corrected chi connectivity index (χ0v) is 15.9. The van der Waals surface area contributed by atoms with E-state index in [1.165, 1.54) is 12.8 Å². The largest absolute Gasteiger partial charge is 0.273 e.